The number of rotatable bonds is 5. The highest BCUT2D eigenvalue weighted by atomic mass is 16.5. The fraction of sp³-hybridized carbons (Fsp3) is 0.579. The van der Waals surface area contributed by atoms with Crippen LogP contribution in [0.25, 0.3) is 0 Å². The second-order valence-corrected chi connectivity index (χ2v) is 7.58. The van der Waals surface area contributed by atoms with Crippen molar-refractivity contribution in [1.29, 1.82) is 0 Å². The number of carbonyl (C=O) groups is 2. The molecule has 7 heteroatoms. The van der Waals surface area contributed by atoms with Crippen LogP contribution < -0.4 is 15.0 Å². The Morgan fingerprint density at radius 3 is 2.35 bits per heavy atom. The molecule has 0 aromatic heterocycles. The van der Waals surface area contributed by atoms with Gasteiger partial charge in [-0.1, -0.05) is 0 Å². The average molecular weight is 358 g/mol. The van der Waals surface area contributed by atoms with Crippen molar-refractivity contribution in [3.63, 3.8) is 0 Å². The van der Waals surface area contributed by atoms with Gasteiger partial charge in [0.25, 0.3) is 5.91 Å². The molecule has 3 amide bonds. The summed E-state index contributed by atoms with van der Waals surface area (Å²) < 4.78 is 5.20. The number of hydrogen-bond acceptors (Lipinski definition) is 5. The van der Waals surface area contributed by atoms with E-state index < -0.39 is 5.54 Å². The Morgan fingerprint density at radius 1 is 1.12 bits per heavy atom. The third kappa shape index (κ3) is 3.00. The predicted molar refractivity (Wildman–Crippen MR) is 98.2 cm³/mol. The molecule has 2 aliphatic heterocycles. The van der Waals surface area contributed by atoms with Crippen LogP contribution in [0.1, 0.15) is 19.8 Å². The van der Waals surface area contributed by atoms with Crippen LogP contribution in [-0.2, 0) is 4.79 Å². The number of imide groups is 1. The molecule has 0 radical (unpaired) electrons. The lowest BCUT2D eigenvalue weighted by molar-refractivity contribution is -0.133. The lowest BCUT2D eigenvalue weighted by atomic mass is 9.96. The average Bonchev–Trinajstić information content (AvgIpc) is 3.49. The third-order valence-electron chi connectivity index (χ3n) is 5.85. The number of anilines is 1. The van der Waals surface area contributed by atoms with Crippen LogP contribution in [0.2, 0.25) is 0 Å². The summed E-state index contributed by atoms with van der Waals surface area (Å²) in [7, 11) is 1.66. The molecule has 1 aromatic rings. The molecule has 7 nitrogen and oxygen atoms in total. The van der Waals surface area contributed by atoms with E-state index in [4.69, 9.17) is 4.74 Å². The molecule has 1 atom stereocenters. The summed E-state index contributed by atoms with van der Waals surface area (Å²) >= 11 is 0. The minimum absolute atomic E-state index is 0.0671. The van der Waals surface area contributed by atoms with E-state index >= 15 is 0 Å². The smallest absolute Gasteiger partial charge is 0.326 e. The zero-order chi connectivity index (χ0) is 18.3. The summed E-state index contributed by atoms with van der Waals surface area (Å²) in [4.78, 5) is 30.9. The highest BCUT2D eigenvalue weighted by molar-refractivity contribution is 6.07. The largest absolute Gasteiger partial charge is 0.497 e. The number of nitrogens with zero attached hydrogens (tertiary/aromatic N) is 3. The van der Waals surface area contributed by atoms with Gasteiger partial charge in [-0.25, -0.2) is 9.69 Å². The second kappa shape index (κ2) is 6.46. The maximum atomic E-state index is 12.7. The fourth-order valence-corrected chi connectivity index (χ4v) is 3.92. The van der Waals surface area contributed by atoms with E-state index in [0.29, 0.717) is 12.6 Å². The van der Waals surface area contributed by atoms with Gasteiger partial charge in [-0.2, -0.15) is 0 Å². The molecule has 26 heavy (non-hydrogen) atoms. The number of methoxy groups -OCH3 is 1. The Labute approximate surface area is 153 Å². The number of piperazine rings is 1. The monoisotopic (exact) mass is 358 g/mol. The Kier molecular flexibility index (Phi) is 4.26. The molecular formula is C19H26N4O3. The molecule has 2 saturated heterocycles. The van der Waals surface area contributed by atoms with Gasteiger partial charge < -0.3 is 15.0 Å². The fourth-order valence-electron chi connectivity index (χ4n) is 3.92. The minimum atomic E-state index is -0.692. The molecule has 1 saturated carbocycles. The van der Waals surface area contributed by atoms with Gasteiger partial charge in [-0.3, -0.25) is 9.69 Å². The highest BCUT2D eigenvalue weighted by Crippen LogP contribution is 2.42. The Bertz CT molecular complexity index is 695. The van der Waals surface area contributed by atoms with E-state index in [1.54, 1.807) is 7.11 Å². The first-order valence-electron chi connectivity index (χ1n) is 9.27. The summed E-state index contributed by atoms with van der Waals surface area (Å²) in [5.41, 5.74) is 0.476. The molecule has 0 bridgehead atoms. The van der Waals surface area contributed by atoms with Gasteiger partial charge in [-0.15, -0.1) is 0 Å². The number of amides is 3. The summed E-state index contributed by atoms with van der Waals surface area (Å²) in [6, 6.07) is 7.81. The van der Waals surface area contributed by atoms with Crippen LogP contribution in [0, 0.1) is 5.92 Å². The summed E-state index contributed by atoms with van der Waals surface area (Å²) in [6.07, 6.45) is 2.05. The molecule has 4 rings (SSSR count). The molecule has 1 unspecified atom stereocenters. The van der Waals surface area contributed by atoms with Gasteiger partial charge >= 0.3 is 6.03 Å². The molecule has 3 aliphatic rings. The molecule has 140 valence electrons. The predicted octanol–water partition coefficient (Wildman–Crippen LogP) is 1.50. The van der Waals surface area contributed by atoms with Gasteiger partial charge in [0.05, 0.1) is 13.8 Å². The van der Waals surface area contributed by atoms with Crippen molar-refractivity contribution < 1.29 is 14.3 Å². The normalized spacial score (nSPS) is 27.0. The van der Waals surface area contributed by atoms with Crippen LogP contribution in [0.3, 0.4) is 0 Å². The molecule has 0 spiro atoms. The number of carbonyl (C=O) groups excluding carboxylic acids is 2. The number of hydrogen-bond donors (Lipinski definition) is 1. The number of ether oxygens (including phenoxy) is 1. The van der Waals surface area contributed by atoms with E-state index in [2.05, 4.69) is 27.2 Å². The van der Waals surface area contributed by atoms with Crippen LogP contribution in [0.5, 0.6) is 5.75 Å². The van der Waals surface area contributed by atoms with E-state index in [9.17, 15) is 9.59 Å². The van der Waals surface area contributed by atoms with Crippen molar-refractivity contribution in [2.45, 2.75) is 25.3 Å². The maximum Gasteiger partial charge on any atom is 0.326 e. The van der Waals surface area contributed by atoms with Crippen molar-refractivity contribution in [3.8, 4) is 5.75 Å². The number of nitrogens with one attached hydrogen (secondary N) is 1. The Hall–Kier alpha value is -2.28. The number of benzene rings is 1. The summed E-state index contributed by atoms with van der Waals surface area (Å²) in [6.45, 7) is 5.63. The molecule has 1 aliphatic carbocycles. The zero-order valence-corrected chi connectivity index (χ0v) is 15.4. The first-order chi connectivity index (χ1) is 12.5. The van der Waals surface area contributed by atoms with Crippen LogP contribution >= 0.6 is 0 Å². The van der Waals surface area contributed by atoms with Gasteiger partial charge in [0.2, 0.25) is 0 Å². The van der Waals surface area contributed by atoms with E-state index in [1.165, 1.54) is 10.6 Å². The van der Waals surface area contributed by atoms with Crippen molar-refractivity contribution >= 4 is 17.6 Å². The van der Waals surface area contributed by atoms with Gasteiger partial charge in [-0.05, 0) is 49.9 Å². The van der Waals surface area contributed by atoms with Gasteiger partial charge in [0.1, 0.15) is 11.3 Å². The minimum Gasteiger partial charge on any atom is -0.497 e. The van der Waals surface area contributed by atoms with Crippen molar-refractivity contribution in [2.75, 3.05) is 44.9 Å². The summed E-state index contributed by atoms with van der Waals surface area (Å²) in [5, 5.41) is 2.92. The van der Waals surface area contributed by atoms with E-state index in [1.807, 2.05) is 19.1 Å². The lowest BCUT2D eigenvalue weighted by Crippen LogP contribution is -2.52. The van der Waals surface area contributed by atoms with Crippen molar-refractivity contribution in [1.82, 2.24) is 15.1 Å². The first kappa shape index (κ1) is 17.1. The molecule has 2 heterocycles. The first-order valence-corrected chi connectivity index (χ1v) is 9.27. The third-order valence-corrected chi connectivity index (χ3v) is 5.85. The molecule has 1 N–H and O–H groups in total. The van der Waals surface area contributed by atoms with Gasteiger partial charge in [0, 0.05) is 31.9 Å². The quantitative estimate of drug-likeness (QED) is 0.808. The molecular weight excluding hydrogens is 332 g/mol. The van der Waals surface area contributed by atoms with Crippen LogP contribution in [0.4, 0.5) is 10.5 Å². The summed E-state index contributed by atoms with van der Waals surface area (Å²) in [5.74, 6) is 1.09. The van der Waals surface area contributed by atoms with Gasteiger partial charge in [0.15, 0.2) is 0 Å². The SMILES string of the molecule is COc1ccc(N2CCN(CN3C(=O)NC(C)(C4CC4)C3=O)CC2)cc1. The van der Waals surface area contributed by atoms with Crippen molar-refractivity contribution in [3.05, 3.63) is 24.3 Å². The zero-order valence-electron chi connectivity index (χ0n) is 15.4. The maximum absolute atomic E-state index is 12.7. The van der Waals surface area contributed by atoms with Crippen LogP contribution in [0.15, 0.2) is 24.3 Å². The van der Waals surface area contributed by atoms with Crippen LogP contribution in [-0.4, -0.2) is 67.2 Å². The molecule has 1 aromatic carbocycles. The molecule has 3 fully saturated rings. The lowest BCUT2D eigenvalue weighted by Gasteiger charge is -2.37. The second-order valence-electron chi connectivity index (χ2n) is 7.58. The Balaban J connectivity index is 1.33. The topological polar surface area (TPSA) is 65.1 Å². The van der Waals surface area contributed by atoms with Crippen molar-refractivity contribution in [2.24, 2.45) is 5.92 Å². The van der Waals surface area contributed by atoms with E-state index in [-0.39, 0.29) is 11.9 Å². The highest BCUT2D eigenvalue weighted by Gasteiger charge is 2.56. The van der Waals surface area contributed by atoms with E-state index in [0.717, 1.165) is 44.8 Å². The number of urea groups is 1. The Morgan fingerprint density at radius 2 is 1.77 bits per heavy atom. The standard InChI is InChI=1S/C19H26N4O3/c1-19(14-3-4-14)17(24)23(18(25)20-19)13-21-9-11-22(12-10-21)15-5-7-16(26-2)8-6-15/h5-8,14H,3-4,9-13H2,1-2H3,(H,20,25).